The SMILES string of the molecule is CN(C)c1ccc(NC(=O)C2CC(=O)N(c3ccc(F)cc3F)C2)cc1Cl. The van der Waals surface area contributed by atoms with Crippen molar-refractivity contribution < 1.29 is 18.4 Å². The molecule has 1 aliphatic heterocycles. The Morgan fingerprint density at radius 1 is 1.22 bits per heavy atom. The Hall–Kier alpha value is -2.67. The summed E-state index contributed by atoms with van der Waals surface area (Å²) in [4.78, 5) is 27.7. The lowest BCUT2D eigenvalue weighted by Gasteiger charge is -2.18. The first kappa shape index (κ1) is 19.1. The normalized spacial score (nSPS) is 16.6. The van der Waals surface area contributed by atoms with Crippen molar-refractivity contribution in [3.63, 3.8) is 0 Å². The van der Waals surface area contributed by atoms with Crippen LogP contribution in [0.1, 0.15) is 6.42 Å². The molecule has 1 heterocycles. The molecule has 3 rings (SSSR count). The Balaban J connectivity index is 1.71. The van der Waals surface area contributed by atoms with Gasteiger partial charge in [0.05, 0.1) is 22.3 Å². The summed E-state index contributed by atoms with van der Waals surface area (Å²) in [6.45, 7) is 0.0245. The van der Waals surface area contributed by atoms with Crippen molar-refractivity contribution >= 4 is 40.5 Å². The summed E-state index contributed by atoms with van der Waals surface area (Å²) in [6.07, 6.45) is -0.0494. The Labute approximate surface area is 160 Å². The molecule has 142 valence electrons. The highest BCUT2D eigenvalue weighted by Gasteiger charge is 2.36. The maximum atomic E-state index is 13.9. The van der Waals surface area contributed by atoms with Crippen molar-refractivity contribution in [2.75, 3.05) is 35.8 Å². The maximum absolute atomic E-state index is 13.9. The number of rotatable bonds is 4. The minimum atomic E-state index is -0.838. The Kier molecular flexibility index (Phi) is 5.32. The molecule has 0 radical (unpaired) electrons. The average Bonchev–Trinajstić information content (AvgIpc) is 2.96. The maximum Gasteiger partial charge on any atom is 0.229 e. The predicted octanol–water partition coefficient (Wildman–Crippen LogP) is 3.68. The van der Waals surface area contributed by atoms with Crippen molar-refractivity contribution in [1.29, 1.82) is 0 Å². The number of benzene rings is 2. The summed E-state index contributed by atoms with van der Waals surface area (Å²) in [5, 5.41) is 3.21. The zero-order valence-electron chi connectivity index (χ0n) is 14.8. The summed E-state index contributed by atoms with van der Waals surface area (Å²) in [5.74, 6) is -2.95. The second kappa shape index (κ2) is 7.52. The zero-order valence-corrected chi connectivity index (χ0v) is 15.6. The summed E-state index contributed by atoms with van der Waals surface area (Å²) >= 11 is 6.20. The molecular weight excluding hydrogens is 376 g/mol. The van der Waals surface area contributed by atoms with Crippen LogP contribution in [0.3, 0.4) is 0 Å². The van der Waals surface area contributed by atoms with E-state index in [2.05, 4.69) is 5.32 Å². The number of carbonyl (C=O) groups is 2. The number of carbonyl (C=O) groups excluding carboxylic acids is 2. The molecule has 1 N–H and O–H groups in total. The van der Waals surface area contributed by atoms with Crippen molar-refractivity contribution in [1.82, 2.24) is 0 Å². The van der Waals surface area contributed by atoms with Gasteiger partial charge in [0.2, 0.25) is 11.8 Å². The molecule has 2 aromatic rings. The van der Waals surface area contributed by atoms with Crippen LogP contribution in [0.25, 0.3) is 0 Å². The molecule has 2 aromatic carbocycles. The van der Waals surface area contributed by atoms with E-state index in [0.717, 1.165) is 11.8 Å². The Bertz CT molecular complexity index is 905. The fraction of sp³-hybridized carbons (Fsp3) is 0.263. The van der Waals surface area contributed by atoms with Crippen molar-refractivity contribution in [3.8, 4) is 0 Å². The summed E-state index contributed by atoms with van der Waals surface area (Å²) in [6, 6.07) is 8.11. The van der Waals surface area contributed by atoms with E-state index in [0.29, 0.717) is 16.8 Å². The van der Waals surface area contributed by atoms with Crippen molar-refractivity contribution in [2.45, 2.75) is 6.42 Å². The molecule has 2 amide bonds. The van der Waals surface area contributed by atoms with Gasteiger partial charge in [0.15, 0.2) is 0 Å². The second-order valence-electron chi connectivity index (χ2n) is 6.55. The number of amides is 2. The van der Waals surface area contributed by atoms with Gasteiger partial charge in [-0.1, -0.05) is 11.6 Å². The monoisotopic (exact) mass is 393 g/mol. The topological polar surface area (TPSA) is 52.7 Å². The molecule has 1 unspecified atom stereocenters. The van der Waals surface area contributed by atoms with Crippen LogP contribution in [0.5, 0.6) is 0 Å². The van der Waals surface area contributed by atoms with E-state index in [1.807, 2.05) is 19.0 Å². The number of hydrogen-bond donors (Lipinski definition) is 1. The lowest BCUT2D eigenvalue weighted by Crippen LogP contribution is -2.28. The van der Waals surface area contributed by atoms with E-state index < -0.39 is 17.6 Å². The second-order valence-corrected chi connectivity index (χ2v) is 6.96. The van der Waals surface area contributed by atoms with E-state index in [1.54, 1.807) is 18.2 Å². The van der Waals surface area contributed by atoms with Crippen molar-refractivity contribution in [3.05, 3.63) is 53.1 Å². The van der Waals surface area contributed by atoms with E-state index in [1.165, 1.54) is 11.0 Å². The number of nitrogens with one attached hydrogen (secondary N) is 1. The molecule has 1 aliphatic rings. The molecule has 0 saturated carbocycles. The minimum absolute atomic E-state index is 0.0245. The molecule has 1 atom stereocenters. The molecule has 0 aliphatic carbocycles. The van der Waals surface area contributed by atoms with Crippen LogP contribution in [0.4, 0.5) is 25.8 Å². The van der Waals surface area contributed by atoms with Crippen LogP contribution in [-0.2, 0) is 9.59 Å². The fourth-order valence-electron chi connectivity index (χ4n) is 3.01. The predicted molar refractivity (Wildman–Crippen MR) is 101 cm³/mol. The van der Waals surface area contributed by atoms with E-state index in [9.17, 15) is 18.4 Å². The third-order valence-corrected chi connectivity index (χ3v) is 4.70. The molecular formula is C19H18ClF2N3O2. The fourth-order valence-corrected chi connectivity index (χ4v) is 3.36. The first-order chi connectivity index (χ1) is 12.8. The van der Waals surface area contributed by atoms with Crippen LogP contribution in [0.15, 0.2) is 36.4 Å². The number of hydrogen-bond acceptors (Lipinski definition) is 3. The largest absolute Gasteiger partial charge is 0.376 e. The lowest BCUT2D eigenvalue weighted by atomic mass is 10.1. The highest BCUT2D eigenvalue weighted by atomic mass is 35.5. The van der Waals surface area contributed by atoms with Gasteiger partial charge in [-0.2, -0.15) is 0 Å². The van der Waals surface area contributed by atoms with Gasteiger partial charge in [-0.25, -0.2) is 8.78 Å². The van der Waals surface area contributed by atoms with Crippen LogP contribution < -0.4 is 15.1 Å². The van der Waals surface area contributed by atoms with Crippen LogP contribution in [-0.4, -0.2) is 32.5 Å². The highest BCUT2D eigenvalue weighted by molar-refractivity contribution is 6.33. The van der Waals surface area contributed by atoms with Crippen LogP contribution in [0, 0.1) is 17.6 Å². The smallest absolute Gasteiger partial charge is 0.229 e. The molecule has 1 fully saturated rings. The average molecular weight is 394 g/mol. The highest BCUT2D eigenvalue weighted by Crippen LogP contribution is 2.30. The number of halogens is 3. The molecule has 0 bridgehead atoms. The summed E-state index contributed by atoms with van der Waals surface area (Å²) < 4.78 is 27.0. The van der Waals surface area contributed by atoms with Crippen LogP contribution >= 0.6 is 11.6 Å². The van der Waals surface area contributed by atoms with Gasteiger partial charge in [-0.15, -0.1) is 0 Å². The van der Waals surface area contributed by atoms with Crippen molar-refractivity contribution in [2.24, 2.45) is 5.92 Å². The zero-order chi connectivity index (χ0) is 19.7. The molecule has 27 heavy (non-hydrogen) atoms. The Morgan fingerprint density at radius 2 is 1.96 bits per heavy atom. The van der Waals surface area contributed by atoms with Gasteiger partial charge in [0.25, 0.3) is 0 Å². The van der Waals surface area contributed by atoms with Gasteiger partial charge >= 0.3 is 0 Å². The summed E-state index contributed by atoms with van der Waals surface area (Å²) in [7, 11) is 3.71. The van der Waals surface area contributed by atoms with E-state index in [4.69, 9.17) is 11.6 Å². The third-order valence-electron chi connectivity index (χ3n) is 4.39. The van der Waals surface area contributed by atoms with Crippen LogP contribution in [0.2, 0.25) is 5.02 Å². The van der Waals surface area contributed by atoms with E-state index in [-0.39, 0.29) is 30.5 Å². The number of nitrogens with zero attached hydrogens (tertiary/aromatic N) is 2. The molecule has 1 saturated heterocycles. The van der Waals surface area contributed by atoms with Gasteiger partial charge in [-0.05, 0) is 30.3 Å². The summed E-state index contributed by atoms with van der Waals surface area (Å²) in [5.41, 5.74) is 1.29. The lowest BCUT2D eigenvalue weighted by molar-refractivity contribution is -0.122. The minimum Gasteiger partial charge on any atom is -0.376 e. The standard InChI is InChI=1S/C19H18ClF2N3O2/c1-24(2)16-6-4-13(9-14(16)20)23-19(27)11-7-18(26)25(10-11)17-5-3-12(21)8-15(17)22/h3-6,8-9,11H,7,10H2,1-2H3,(H,23,27). The number of anilines is 3. The quantitative estimate of drug-likeness (QED) is 0.862. The Morgan fingerprint density at radius 3 is 2.59 bits per heavy atom. The third kappa shape index (κ3) is 4.03. The van der Waals surface area contributed by atoms with Gasteiger partial charge in [-0.3, -0.25) is 9.59 Å². The van der Waals surface area contributed by atoms with Gasteiger partial charge < -0.3 is 15.1 Å². The van der Waals surface area contributed by atoms with Gasteiger partial charge in [0, 0.05) is 38.8 Å². The first-order valence-electron chi connectivity index (χ1n) is 8.29. The first-order valence-corrected chi connectivity index (χ1v) is 8.67. The molecule has 0 spiro atoms. The molecule has 5 nitrogen and oxygen atoms in total. The molecule has 8 heteroatoms. The van der Waals surface area contributed by atoms with E-state index >= 15 is 0 Å². The van der Waals surface area contributed by atoms with Gasteiger partial charge in [0.1, 0.15) is 11.6 Å². The molecule has 0 aromatic heterocycles.